The maximum Gasteiger partial charge on any atom is 0.251 e. The van der Waals surface area contributed by atoms with Gasteiger partial charge in [-0.05, 0) is 76.1 Å². The molecule has 0 atom stereocenters. The van der Waals surface area contributed by atoms with E-state index >= 15 is 0 Å². The van der Waals surface area contributed by atoms with Crippen LogP contribution in [0.25, 0.3) is 5.57 Å². The summed E-state index contributed by atoms with van der Waals surface area (Å²) < 4.78 is 19.8. The Kier molecular flexibility index (Phi) is 7.95. The summed E-state index contributed by atoms with van der Waals surface area (Å²) in [5, 5.41) is 2.87. The number of aryl methyl sites for hydroxylation is 1. The monoisotopic (exact) mass is 461 g/mol. The average Bonchev–Trinajstić information content (AvgIpc) is 2.78. The molecule has 34 heavy (non-hydrogen) atoms. The minimum Gasteiger partial charge on any atom is -0.457 e. The van der Waals surface area contributed by atoms with Crippen molar-refractivity contribution in [3.8, 4) is 11.5 Å². The number of amides is 1. The number of aromatic nitrogens is 1. The molecule has 1 heterocycles. The van der Waals surface area contributed by atoms with Crippen LogP contribution in [0.1, 0.15) is 54.9 Å². The van der Waals surface area contributed by atoms with E-state index in [0.29, 0.717) is 28.2 Å². The summed E-state index contributed by atoms with van der Waals surface area (Å²) in [5.41, 5.74) is 6.49. The summed E-state index contributed by atoms with van der Waals surface area (Å²) in [6.45, 7) is 9.90. The second kappa shape index (κ2) is 10.9. The Hall–Kier alpha value is -3.80. The van der Waals surface area contributed by atoms with Gasteiger partial charge in [0, 0.05) is 49.7 Å². The van der Waals surface area contributed by atoms with Gasteiger partial charge in [-0.25, -0.2) is 4.39 Å². The number of benzene rings is 2. The van der Waals surface area contributed by atoms with Gasteiger partial charge in [-0.1, -0.05) is 17.7 Å². The highest BCUT2D eigenvalue weighted by Gasteiger charge is 2.15. The van der Waals surface area contributed by atoms with Crippen molar-refractivity contribution in [1.29, 1.82) is 0 Å². The average molecular weight is 462 g/mol. The first-order chi connectivity index (χ1) is 16.2. The number of hydrogen-bond donors (Lipinski definition) is 1. The molecular formula is C28H32FN3O2. The number of ether oxygens (including phenoxy) is 1. The van der Waals surface area contributed by atoms with Crippen molar-refractivity contribution in [3.05, 3.63) is 94.1 Å². The number of carbonyl (C=O) groups excluding carboxylic acids is 1. The zero-order chi connectivity index (χ0) is 24.8. The first-order valence-corrected chi connectivity index (χ1v) is 11.1. The normalized spacial score (nSPS) is 11.2. The number of nitrogens with one attached hydrogen (secondary N) is 1. The Morgan fingerprint density at radius 2 is 1.88 bits per heavy atom. The molecule has 0 radical (unpaired) electrons. The van der Waals surface area contributed by atoms with Gasteiger partial charge in [0.1, 0.15) is 17.3 Å². The molecule has 0 fully saturated rings. The molecule has 0 unspecified atom stereocenters. The van der Waals surface area contributed by atoms with Crippen molar-refractivity contribution < 1.29 is 15.3 Å². The van der Waals surface area contributed by atoms with Gasteiger partial charge in [-0.2, -0.15) is 0 Å². The van der Waals surface area contributed by atoms with Gasteiger partial charge in [0.25, 0.3) is 5.91 Å². The maximum absolute atomic E-state index is 13.6. The smallest absolute Gasteiger partial charge is 0.251 e. The molecule has 0 aliphatic rings. The molecule has 1 N–H and O–H groups in total. The molecule has 0 saturated heterocycles. The molecule has 178 valence electrons. The van der Waals surface area contributed by atoms with Crippen molar-refractivity contribution in [3.63, 3.8) is 0 Å². The van der Waals surface area contributed by atoms with Crippen LogP contribution in [-0.4, -0.2) is 23.7 Å². The van der Waals surface area contributed by atoms with Gasteiger partial charge in [0.15, 0.2) is 0 Å². The van der Waals surface area contributed by atoms with Crippen LogP contribution in [-0.2, 0) is 6.54 Å². The lowest BCUT2D eigenvalue weighted by Crippen LogP contribution is -2.23. The highest BCUT2D eigenvalue weighted by Crippen LogP contribution is 2.29. The van der Waals surface area contributed by atoms with Gasteiger partial charge in [0.2, 0.25) is 0 Å². The highest BCUT2D eigenvalue weighted by atomic mass is 19.1. The molecule has 0 spiro atoms. The number of allylic oxidation sites excluding steroid dienone is 2. The van der Waals surface area contributed by atoms with Gasteiger partial charge < -0.3 is 10.1 Å². The topological polar surface area (TPSA) is 63.6 Å². The van der Waals surface area contributed by atoms with E-state index in [0.717, 1.165) is 28.1 Å². The highest BCUT2D eigenvalue weighted by molar-refractivity contribution is 6.22. The first-order valence-electron chi connectivity index (χ1n) is 11.1. The molecule has 0 aliphatic carbocycles. The molecule has 3 rings (SSSR count). The van der Waals surface area contributed by atoms with E-state index in [1.807, 2.05) is 52.8 Å². The molecule has 6 heteroatoms. The first kappa shape index (κ1) is 24.8. The number of pyridine rings is 1. The minimum atomic E-state index is -0.316. The van der Waals surface area contributed by atoms with Crippen molar-refractivity contribution in [1.82, 2.24) is 10.3 Å². The summed E-state index contributed by atoms with van der Waals surface area (Å²) in [6.07, 6.45) is 1.70. The zero-order valence-corrected chi connectivity index (χ0v) is 20.5. The molecule has 0 bridgehead atoms. The Morgan fingerprint density at radius 3 is 2.56 bits per heavy atom. The number of rotatable bonds is 7. The lowest BCUT2D eigenvalue weighted by Gasteiger charge is -2.14. The van der Waals surface area contributed by atoms with Crippen LogP contribution < -0.4 is 10.1 Å². The van der Waals surface area contributed by atoms with Crippen molar-refractivity contribution in [2.45, 2.75) is 41.2 Å². The Bertz CT molecular complexity index is 1260. The van der Waals surface area contributed by atoms with Crippen LogP contribution in [0.15, 0.2) is 65.3 Å². The molecule has 0 aliphatic heterocycles. The lowest BCUT2D eigenvalue weighted by atomic mass is 10.0. The standard InChI is InChI=1S/C28H30FN3O2.H2/c1-17(2)27(20(5)30-6)25-15-23(10-11-31-25)34-26-9-7-8-24(19(26)4)28(33)32-16-21-12-18(3)13-22(29)14-21;/h7-15H,16H2,1-6H3,(H,32,33);1H. The summed E-state index contributed by atoms with van der Waals surface area (Å²) in [7, 11) is 1.76. The van der Waals surface area contributed by atoms with E-state index < -0.39 is 0 Å². The van der Waals surface area contributed by atoms with Crippen LogP contribution in [0.2, 0.25) is 0 Å². The third kappa shape index (κ3) is 5.95. The summed E-state index contributed by atoms with van der Waals surface area (Å²) in [4.78, 5) is 21.7. The van der Waals surface area contributed by atoms with Crippen molar-refractivity contribution >= 4 is 17.2 Å². The fraction of sp³-hybridized carbons (Fsp3) is 0.250. The van der Waals surface area contributed by atoms with E-state index in [2.05, 4.69) is 15.3 Å². The Morgan fingerprint density at radius 1 is 1.12 bits per heavy atom. The number of carbonyl (C=O) groups is 1. The summed E-state index contributed by atoms with van der Waals surface area (Å²) >= 11 is 0. The number of halogens is 1. The van der Waals surface area contributed by atoms with E-state index in [9.17, 15) is 9.18 Å². The van der Waals surface area contributed by atoms with Crippen LogP contribution in [0.3, 0.4) is 0 Å². The zero-order valence-electron chi connectivity index (χ0n) is 20.5. The predicted molar refractivity (Wildman–Crippen MR) is 137 cm³/mol. The lowest BCUT2D eigenvalue weighted by molar-refractivity contribution is 0.0950. The molecular weight excluding hydrogens is 429 g/mol. The number of hydrogen-bond acceptors (Lipinski definition) is 4. The maximum atomic E-state index is 13.6. The van der Waals surface area contributed by atoms with Crippen LogP contribution in [0.4, 0.5) is 4.39 Å². The SMILES string of the molecule is CN=C(C)C(=C(C)C)c1cc(Oc2cccc(C(=O)NCc3cc(C)cc(F)c3)c2C)ccn1.[HH]. The predicted octanol–water partition coefficient (Wildman–Crippen LogP) is 6.69. The molecule has 3 aromatic rings. The molecule has 2 aromatic carbocycles. The van der Waals surface area contributed by atoms with Crippen molar-refractivity contribution in [2.24, 2.45) is 4.99 Å². The second-order valence-corrected chi connectivity index (χ2v) is 8.41. The van der Waals surface area contributed by atoms with E-state index in [1.54, 1.807) is 31.4 Å². The Labute approximate surface area is 201 Å². The van der Waals surface area contributed by atoms with E-state index in [4.69, 9.17) is 4.74 Å². The third-order valence-corrected chi connectivity index (χ3v) is 5.50. The minimum absolute atomic E-state index is 0. The van der Waals surface area contributed by atoms with Crippen LogP contribution >= 0.6 is 0 Å². The van der Waals surface area contributed by atoms with Crippen LogP contribution in [0.5, 0.6) is 11.5 Å². The summed E-state index contributed by atoms with van der Waals surface area (Å²) in [5.74, 6) is 0.626. The fourth-order valence-corrected chi connectivity index (χ4v) is 3.82. The third-order valence-electron chi connectivity index (χ3n) is 5.50. The van der Waals surface area contributed by atoms with E-state index in [-0.39, 0.29) is 19.7 Å². The van der Waals surface area contributed by atoms with Crippen LogP contribution in [0, 0.1) is 19.7 Å². The fourth-order valence-electron chi connectivity index (χ4n) is 3.82. The van der Waals surface area contributed by atoms with Gasteiger partial charge in [0.05, 0.1) is 5.69 Å². The van der Waals surface area contributed by atoms with Crippen molar-refractivity contribution in [2.75, 3.05) is 7.05 Å². The molecule has 1 amide bonds. The summed E-state index contributed by atoms with van der Waals surface area (Å²) in [6, 6.07) is 13.7. The molecule has 1 aromatic heterocycles. The number of aliphatic imine (C=N–C) groups is 1. The van der Waals surface area contributed by atoms with Gasteiger partial charge in [-0.15, -0.1) is 0 Å². The van der Waals surface area contributed by atoms with Gasteiger partial charge in [-0.3, -0.25) is 14.8 Å². The number of nitrogens with zero attached hydrogens (tertiary/aromatic N) is 2. The molecule has 5 nitrogen and oxygen atoms in total. The van der Waals surface area contributed by atoms with E-state index in [1.165, 1.54) is 12.1 Å². The Balaban J connectivity index is 0.00000432. The molecule has 0 saturated carbocycles. The largest absolute Gasteiger partial charge is 0.457 e. The van der Waals surface area contributed by atoms with Gasteiger partial charge >= 0.3 is 0 Å². The second-order valence-electron chi connectivity index (χ2n) is 8.41. The quantitative estimate of drug-likeness (QED) is 0.399.